The van der Waals surface area contributed by atoms with Crippen LogP contribution in [0, 0.1) is 0 Å². The Hall–Kier alpha value is -0.580. The summed E-state index contributed by atoms with van der Waals surface area (Å²) in [6.45, 7) is 6.68. The standard InChI is InChI=1S/C14H22BrNO2/c1-10(16)11-5-6-13(12(15)9-11)18-8-7-14(2,3)17-4/h5-6,9-10H,7-8,16H2,1-4H3. The van der Waals surface area contributed by atoms with E-state index in [9.17, 15) is 0 Å². The van der Waals surface area contributed by atoms with Crippen LogP contribution in [0.25, 0.3) is 0 Å². The highest BCUT2D eigenvalue weighted by Gasteiger charge is 2.16. The van der Waals surface area contributed by atoms with Gasteiger partial charge in [0.15, 0.2) is 0 Å². The largest absolute Gasteiger partial charge is 0.492 e. The number of halogens is 1. The van der Waals surface area contributed by atoms with Gasteiger partial charge in [0.2, 0.25) is 0 Å². The van der Waals surface area contributed by atoms with Crippen LogP contribution >= 0.6 is 15.9 Å². The Morgan fingerprint density at radius 3 is 2.56 bits per heavy atom. The van der Waals surface area contributed by atoms with E-state index in [1.807, 2.05) is 39.0 Å². The van der Waals surface area contributed by atoms with Crippen molar-refractivity contribution in [2.24, 2.45) is 5.73 Å². The number of rotatable bonds is 6. The van der Waals surface area contributed by atoms with Gasteiger partial charge >= 0.3 is 0 Å². The van der Waals surface area contributed by atoms with Gasteiger partial charge in [0.25, 0.3) is 0 Å². The Bertz CT molecular complexity index is 391. The lowest BCUT2D eigenvalue weighted by Crippen LogP contribution is -2.25. The minimum Gasteiger partial charge on any atom is -0.492 e. The van der Waals surface area contributed by atoms with Crippen LogP contribution in [-0.2, 0) is 4.74 Å². The average molecular weight is 316 g/mol. The summed E-state index contributed by atoms with van der Waals surface area (Å²) in [6.07, 6.45) is 0.838. The molecule has 0 saturated carbocycles. The molecule has 0 aliphatic carbocycles. The zero-order chi connectivity index (χ0) is 13.8. The summed E-state index contributed by atoms with van der Waals surface area (Å²) in [5, 5.41) is 0. The third-order valence-corrected chi connectivity index (χ3v) is 3.62. The molecule has 18 heavy (non-hydrogen) atoms. The second-order valence-electron chi connectivity index (χ2n) is 5.04. The van der Waals surface area contributed by atoms with Crippen LogP contribution in [0.5, 0.6) is 5.75 Å². The molecule has 1 aromatic rings. The van der Waals surface area contributed by atoms with Crippen molar-refractivity contribution in [2.45, 2.75) is 38.8 Å². The minimum atomic E-state index is -0.155. The minimum absolute atomic E-state index is 0.0303. The van der Waals surface area contributed by atoms with E-state index < -0.39 is 0 Å². The number of nitrogens with two attached hydrogens (primary N) is 1. The van der Waals surface area contributed by atoms with Crippen LogP contribution in [-0.4, -0.2) is 19.3 Å². The summed E-state index contributed by atoms with van der Waals surface area (Å²) in [4.78, 5) is 0. The molecule has 1 unspecified atom stereocenters. The first-order valence-electron chi connectivity index (χ1n) is 6.09. The van der Waals surface area contributed by atoms with Crippen LogP contribution in [0.15, 0.2) is 22.7 Å². The van der Waals surface area contributed by atoms with Gasteiger partial charge in [0, 0.05) is 19.6 Å². The summed E-state index contributed by atoms with van der Waals surface area (Å²) in [6, 6.07) is 5.97. The lowest BCUT2D eigenvalue weighted by atomic mass is 10.1. The Kier molecular flexibility index (Phi) is 5.63. The summed E-state index contributed by atoms with van der Waals surface area (Å²) in [7, 11) is 1.72. The van der Waals surface area contributed by atoms with E-state index in [0.717, 1.165) is 22.2 Å². The number of benzene rings is 1. The van der Waals surface area contributed by atoms with Crippen molar-refractivity contribution in [3.05, 3.63) is 28.2 Å². The highest BCUT2D eigenvalue weighted by atomic mass is 79.9. The van der Waals surface area contributed by atoms with Gasteiger partial charge in [-0.25, -0.2) is 0 Å². The fourth-order valence-corrected chi connectivity index (χ4v) is 1.94. The second kappa shape index (κ2) is 6.55. The summed E-state index contributed by atoms with van der Waals surface area (Å²) in [5.41, 5.74) is 6.76. The molecular weight excluding hydrogens is 294 g/mol. The first kappa shape index (κ1) is 15.5. The molecule has 0 aliphatic heterocycles. The second-order valence-corrected chi connectivity index (χ2v) is 5.90. The topological polar surface area (TPSA) is 44.5 Å². The van der Waals surface area contributed by atoms with Gasteiger partial charge in [-0.3, -0.25) is 0 Å². The van der Waals surface area contributed by atoms with Gasteiger partial charge in [-0.2, -0.15) is 0 Å². The average Bonchev–Trinajstić information content (AvgIpc) is 2.31. The van der Waals surface area contributed by atoms with E-state index in [2.05, 4.69) is 15.9 Å². The van der Waals surface area contributed by atoms with E-state index >= 15 is 0 Å². The molecule has 2 N–H and O–H groups in total. The molecule has 0 amide bonds. The van der Waals surface area contributed by atoms with E-state index in [1.165, 1.54) is 0 Å². The highest BCUT2D eigenvalue weighted by molar-refractivity contribution is 9.10. The normalized spacial score (nSPS) is 13.4. The zero-order valence-corrected chi connectivity index (χ0v) is 13.1. The highest BCUT2D eigenvalue weighted by Crippen LogP contribution is 2.28. The summed E-state index contributed by atoms with van der Waals surface area (Å²) < 4.78 is 12.0. The Morgan fingerprint density at radius 1 is 1.39 bits per heavy atom. The number of hydrogen-bond acceptors (Lipinski definition) is 3. The van der Waals surface area contributed by atoms with Crippen molar-refractivity contribution in [1.29, 1.82) is 0 Å². The van der Waals surface area contributed by atoms with Crippen molar-refractivity contribution in [1.82, 2.24) is 0 Å². The molecule has 102 valence electrons. The van der Waals surface area contributed by atoms with Crippen molar-refractivity contribution in [3.8, 4) is 5.75 Å². The van der Waals surface area contributed by atoms with Gasteiger partial charge in [-0.05, 0) is 54.4 Å². The molecule has 0 aromatic heterocycles. The lowest BCUT2D eigenvalue weighted by Gasteiger charge is -2.22. The molecule has 0 radical (unpaired) electrons. The molecule has 4 heteroatoms. The lowest BCUT2D eigenvalue weighted by molar-refractivity contribution is 0.00539. The number of ether oxygens (including phenoxy) is 2. The fourth-order valence-electron chi connectivity index (χ4n) is 1.43. The molecule has 0 aliphatic rings. The molecule has 0 heterocycles. The Labute approximate surface area is 118 Å². The molecule has 0 spiro atoms. The monoisotopic (exact) mass is 315 g/mol. The van der Waals surface area contributed by atoms with Crippen molar-refractivity contribution < 1.29 is 9.47 Å². The van der Waals surface area contributed by atoms with Crippen molar-refractivity contribution >= 4 is 15.9 Å². The van der Waals surface area contributed by atoms with Crippen LogP contribution in [0.3, 0.4) is 0 Å². The van der Waals surface area contributed by atoms with E-state index in [0.29, 0.717) is 6.61 Å². The van der Waals surface area contributed by atoms with Crippen LogP contribution in [0.1, 0.15) is 38.8 Å². The molecule has 1 atom stereocenters. The maximum absolute atomic E-state index is 5.83. The molecule has 3 nitrogen and oxygen atoms in total. The van der Waals surface area contributed by atoms with Crippen LogP contribution in [0.4, 0.5) is 0 Å². The predicted molar refractivity (Wildman–Crippen MR) is 77.9 cm³/mol. The smallest absolute Gasteiger partial charge is 0.133 e. The van der Waals surface area contributed by atoms with Gasteiger partial charge < -0.3 is 15.2 Å². The van der Waals surface area contributed by atoms with Crippen molar-refractivity contribution in [2.75, 3.05) is 13.7 Å². The number of hydrogen-bond donors (Lipinski definition) is 1. The molecule has 1 aromatic carbocycles. The summed E-state index contributed by atoms with van der Waals surface area (Å²) >= 11 is 3.50. The third kappa shape index (κ3) is 4.59. The third-order valence-electron chi connectivity index (χ3n) is 3.00. The fraction of sp³-hybridized carbons (Fsp3) is 0.571. The van der Waals surface area contributed by atoms with E-state index in [-0.39, 0.29) is 11.6 Å². The van der Waals surface area contributed by atoms with Gasteiger partial charge in [0.05, 0.1) is 16.7 Å². The van der Waals surface area contributed by atoms with E-state index in [1.54, 1.807) is 7.11 Å². The quantitative estimate of drug-likeness (QED) is 0.871. The maximum Gasteiger partial charge on any atom is 0.133 e. The Morgan fingerprint density at radius 2 is 2.06 bits per heavy atom. The van der Waals surface area contributed by atoms with Gasteiger partial charge in [-0.15, -0.1) is 0 Å². The molecule has 0 saturated heterocycles. The van der Waals surface area contributed by atoms with Gasteiger partial charge in [-0.1, -0.05) is 6.07 Å². The van der Waals surface area contributed by atoms with Crippen LogP contribution < -0.4 is 10.5 Å². The number of methoxy groups -OCH3 is 1. The van der Waals surface area contributed by atoms with Gasteiger partial charge in [0.1, 0.15) is 5.75 Å². The summed E-state index contributed by atoms with van der Waals surface area (Å²) in [5.74, 6) is 0.839. The molecule has 0 fully saturated rings. The first-order valence-corrected chi connectivity index (χ1v) is 6.88. The molecule has 0 bridgehead atoms. The van der Waals surface area contributed by atoms with E-state index in [4.69, 9.17) is 15.2 Å². The molecule has 1 rings (SSSR count). The van der Waals surface area contributed by atoms with Crippen molar-refractivity contribution in [3.63, 3.8) is 0 Å². The predicted octanol–water partition coefficient (Wildman–Crippen LogP) is 3.66. The molecular formula is C14H22BrNO2. The SMILES string of the molecule is COC(C)(C)CCOc1ccc(C(C)N)cc1Br. The Balaban J connectivity index is 2.58. The zero-order valence-electron chi connectivity index (χ0n) is 11.5. The first-order chi connectivity index (χ1) is 8.35. The maximum atomic E-state index is 5.83. The van der Waals surface area contributed by atoms with Crippen LogP contribution in [0.2, 0.25) is 0 Å².